The molecule has 1 aromatic heterocycles. The van der Waals surface area contributed by atoms with Gasteiger partial charge in [0.05, 0.1) is 13.0 Å². The first-order chi connectivity index (χ1) is 9.49. The number of carbonyl (C=O) groups excluding carboxylic acids is 1. The number of hydrogen-bond acceptors (Lipinski definition) is 5. The van der Waals surface area contributed by atoms with Crippen molar-refractivity contribution in [2.24, 2.45) is 5.41 Å². The van der Waals surface area contributed by atoms with Gasteiger partial charge in [0.1, 0.15) is 0 Å². The lowest BCUT2D eigenvalue weighted by Gasteiger charge is -2.40. The second-order valence-corrected chi connectivity index (χ2v) is 5.20. The maximum Gasteiger partial charge on any atom is 0.315 e. The molecule has 1 fully saturated rings. The van der Waals surface area contributed by atoms with Crippen molar-refractivity contribution in [2.75, 3.05) is 6.54 Å². The summed E-state index contributed by atoms with van der Waals surface area (Å²) in [7, 11) is 0. The van der Waals surface area contributed by atoms with Gasteiger partial charge in [-0.3, -0.25) is 4.79 Å². The number of aromatic nitrogens is 2. The first-order valence-corrected chi connectivity index (χ1v) is 6.52. The maximum atomic E-state index is 11.6. The summed E-state index contributed by atoms with van der Waals surface area (Å²) in [5.41, 5.74) is -0.287. The number of aliphatic carboxylic acids is 1. The topological polar surface area (TPSA) is 117 Å². The van der Waals surface area contributed by atoms with Crippen LogP contribution in [0.5, 0.6) is 0 Å². The standard InChI is InChI=1S/C12H18N4O4/c1-8-15-9(20-16-8)6-13-11(19)14-7-12(3-2-4-12)5-10(17)18/h2-7H2,1H3,(H,17,18)(H2,13,14,19). The number of carboxylic acid groups (broad SMARTS) is 1. The van der Waals surface area contributed by atoms with Crippen molar-refractivity contribution in [3.8, 4) is 0 Å². The van der Waals surface area contributed by atoms with E-state index in [9.17, 15) is 9.59 Å². The molecule has 0 bridgehead atoms. The minimum Gasteiger partial charge on any atom is -0.481 e. The van der Waals surface area contributed by atoms with E-state index in [4.69, 9.17) is 9.63 Å². The Bertz CT molecular complexity index is 495. The SMILES string of the molecule is Cc1noc(CNC(=O)NCC2(CC(=O)O)CCC2)n1. The third-order valence-corrected chi connectivity index (χ3v) is 3.53. The Hall–Kier alpha value is -2.12. The van der Waals surface area contributed by atoms with Gasteiger partial charge in [0.15, 0.2) is 5.82 Å². The second-order valence-electron chi connectivity index (χ2n) is 5.20. The molecule has 1 aliphatic carbocycles. The molecule has 0 radical (unpaired) electrons. The molecule has 1 aliphatic rings. The van der Waals surface area contributed by atoms with Gasteiger partial charge >= 0.3 is 12.0 Å². The fourth-order valence-electron chi connectivity index (χ4n) is 2.31. The van der Waals surface area contributed by atoms with Crippen LogP contribution in [-0.4, -0.2) is 33.8 Å². The molecular weight excluding hydrogens is 264 g/mol. The monoisotopic (exact) mass is 282 g/mol. The predicted molar refractivity (Wildman–Crippen MR) is 67.8 cm³/mol. The Morgan fingerprint density at radius 1 is 1.40 bits per heavy atom. The zero-order valence-electron chi connectivity index (χ0n) is 11.3. The molecule has 0 aliphatic heterocycles. The Morgan fingerprint density at radius 2 is 2.15 bits per heavy atom. The molecule has 20 heavy (non-hydrogen) atoms. The van der Waals surface area contributed by atoms with Crippen LogP contribution in [0.1, 0.15) is 37.4 Å². The number of hydrogen-bond donors (Lipinski definition) is 3. The number of rotatable bonds is 6. The van der Waals surface area contributed by atoms with Crippen molar-refractivity contribution in [3.05, 3.63) is 11.7 Å². The lowest BCUT2D eigenvalue weighted by atomic mass is 9.66. The average molecular weight is 282 g/mol. The molecule has 0 spiro atoms. The quantitative estimate of drug-likeness (QED) is 0.711. The van der Waals surface area contributed by atoms with Crippen molar-refractivity contribution in [1.29, 1.82) is 0 Å². The number of urea groups is 1. The molecule has 0 aromatic carbocycles. The third-order valence-electron chi connectivity index (χ3n) is 3.53. The summed E-state index contributed by atoms with van der Waals surface area (Å²) in [6.45, 7) is 2.21. The van der Waals surface area contributed by atoms with Gasteiger partial charge in [-0.15, -0.1) is 0 Å². The van der Waals surface area contributed by atoms with E-state index in [2.05, 4.69) is 20.8 Å². The Kier molecular flexibility index (Phi) is 4.21. The number of carboxylic acids is 1. The fraction of sp³-hybridized carbons (Fsp3) is 0.667. The molecule has 2 amide bonds. The van der Waals surface area contributed by atoms with Crippen molar-refractivity contribution < 1.29 is 19.2 Å². The minimum absolute atomic E-state index is 0.0934. The van der Waals surface area contributed by atoms with Crippen LogP contribution in [0.25, 0.3) is 0 Å². The zero-order chi connectivity index (χ0) is 14.6. The fourth-order valence-corrected chi connectivity index (χ4v) is 2.31. The molecule has 110 valence electrons. The highest BCUT2D eigenvalue weighted by molar-refractivity contribution is 5.74. The van der Waals surface area contributed by atoms with Gasteiger partial charge in [-0.25, -0.2) is 4.79 Å². The van der Waals surface area contributed by atoms with Gasteiger partial charge in [0.2, 0.25) is 5.89 Å². The highest BCUT2D eigenvalue weighted by Crippen LogP contribution is 2.43. The lowest BCUT2D eigenvalue weighted by Crippen LogP contribution is -2.46. The Balaban J connectivity index is 1.73. The first kappa shape index (κ1) is 14.3. The van der Waals surface area contributed by atoms with Crippen LogP contribution in [0, 0.1) is 12.3 Å². The van der Waals surface area contributed by atoms with Gasteiger partial charge < -0.3 is 20.3 Å². The molecule has 8 heteroatoms. The molecule has 0 atom stereocenters. The van der Waals surface area contributed by atoms with Crippen molar-refractivity contribution in [3.63, 3.8) is 0 Å². The highest BCUT2D eigenvalue weighted by Gasteiger charge is 2.39. The van der Waals surface area contributed by atoms with Crippen molar-refractivity contribution in [1.82, 2.24) is 20.8 Å². The van der Waals surface area contributed by atoms with E-state index in [1.165, 1.54) is 0 Å². The lowest BCUT2D eigenvalue weighted by molar-refractivity contribution is -0.141. The number of nitrogens with zero attached hydrogens (tertiary/aromatic N) is 2. The number of carbonyl (C=O) groups is 2. The van der Waals surface area contributed by atoms with Crippen LogP contribution in [0.2, 0.25) is 0 Å². The Morgan fingerprint density at radius 3 is 2.65 bits per heavy atom. The summed E-state index contributed by atoms with van der Waals surface area (Å²) in [6, 6.07) is -0.363. The molecule has 0 unspecified atom stereocenters. The van der Waals surface area contributed by atoms with E-state index in [-0.39, 0.29) is 24.4 Å². The summed E-state index contributed by atoms with van der Waals surface area (Å²) in [5.74, 6) is 0.0203. The normalized spacial score (nSPS) is 16.2. The molecule has 0 saturated heterocycles. The van der Waals surface area contributed by atoms with Crippen LogP contribution in [0.4, 0.5) is 4.79 Å². The summed E-state index contributed by atoms with van der Waals surface area (Å²) < 4.78 is 4.86. The van der Waals surface area contributed by atoms with Gasteiger partial charge in [-0.2, -0.15) is 4.98 Å². The van der Waals surface area contributed by atoms with Gasteiger partial charge in [0.25, 0.3) is 0 Å². The largest absolute Gasteiger partial charge is 0.481 e. The van der Waals surface area contributed by atoms with Crippen LogP contribution < -0.4 is 10.6 Å². The van der Waals surface area contributed by atoms with Gasteiger partial charge in [0, 0.05) is 6.54 Å². The van der Waals surface area contributed by atoms with E-state index in [1.54, 1.807) is 6.92 Å². The van der Waals surface area contributed by atoms with Gasteiger partial charge in [-0.1, -0.05) is 11.6 Å². The summed E-state index contributed by atoms with van der Waals surface area (Å²) in [6.07, 6.45) is 2.78. The van der Waals surface area contributed by atoms with E-state index in [0.29, 0.717) is 18.3 Å². The van der Waals surface area contributed by atoms with E-state index < -0.39 is 5.97 Å². The zero-order valence-corrected chi connectivity index (χ0v) is 11.3. The number of aryl methyl sites for hydroxylation is 1. The third kappa shape index (κ3) is 3.69. The smallest absolute Gasteiger partial charge is 0.315 e. The molecule has 3 N–H and O–H groups in total. The van der Waals surface area contributed by atoms with Crippen molar-refractivity contribution >= 4 is 12.0 Å². The summed E-state index contributed by atoms with van der Waals surface area (Å²) in [5, 5.41) is 17.8. The molecule has 2 rings (SSSR count). The number of amides is 2. The summed E-state index contributed by atoms with van der Waals surface area (Å²) in [4.78, 5) is 26.4. The highest BCUT2D eigenvalue weighted by atomic mass is 16.5. The van der Waals surface area contributed by atoms with Crippen LogP contribution in [-0.2, 0) is 11.3 Å². The van der Waals surface area contributed by atoms with E-state index >= 15 is 0 Å². The molecular formula is C12H18N4O4. The average Bonchev–Trinajstić information content (AvgIpc) is 2.75. The Labute approximate surface area is 115 Å². The predicted octanol–water partition coefficient (Wildman–Crippen LogP) is 0.822. The van der Waals surface area contributed by atoms with E-state index in [1.807, 2.05) is 0 Å². The first-order valence-electron chi connectivity index (χ1n) is 6.52. The van der Waals surface area contributed by atoms with Crippen molar-refractivity contribution in [2.45, 2.75) is 39.2 Å². The van der Waals surface area contributed by atoms with Crippen LogP contribution in [0.3, 0.4) is 0 Å². The van der Waals surface area contributed by atoms with Crippen LogP contribution in [0.15, 0.2) is 4.52 Å². The minimum atomic E-state index is -0.826. The maximum absolute atomic E-state index is 11.6. The molecule has 1 aromatic rings. The molecule has 8 nitrogen and oxygen atoms in total. The molecule has 1 heterocycles. The van der Waals surface area contributed by atoms with E-state index in [0.717, 1.165) is 19.3 Å². The molecule has 1 saturated carbocycles. The van der Waals surface area contributed by atoms with Crippen LogP contribution >= 0.6 is 0 Å². The van der Waals surface area contributed by atoms with Gasteiger partial charge in [-0.05, 0) is 25.2 Å². The number of nitrogens with one attached hydrogen (secondary N) is 2. The summed E-state index contributed by atoms with van der Waals surface area (Å²) >= 11 is 0. The second kappa shape index (κ2) is 5.89.